The average molecular weight is 639 g/mol. The van der Waals surface area contributed by atoms with Crippen molar-refractivity contribution in [1.29, 1.82) is 0 Å². The molecule has 1 N–H and O–H groups in total. The van der Waals surface area contributed by atoms with Crippen LogP contribution in [0.5, 0.6) is 0 Å². The first kappa shape index (κ1) is 27.2. The highest BCUT2D eigenvalue weighted by Gasteiger charge is 2.56. The number of aliphatic hydroxyl groups is 1. The summed E-state index contributed by atoms with van der Waals surface area (Å²) >= 11 is 8.65. The molecule has 2 aliphatic rings. The highest BCUT2D eigenvalue weighted by molar-refractivity contribution is 7.25. The minimum atomic E-state index is -1.48. The van der Waals surface area contributed by atoms with Crippen LogP contribution in [0.2, 0.25) is 5.02 Å². The van der Waals surface area contributed by atoms with Gasteiger partial charge in [-0.05, 0) is 86.0 Å². The lowest BCUT2D eigenvalue weighted by molar-refractivity contribution is 0.119. The molecule has 222 valence electrons. The van der Waals surface area contributed by atoms with Gasteiger partial charge < -0.3 is 5.11 Å². The Hall–Kier alpha value is -4.99. The number of rotatable bonds is 2. The predicted molar refractivity (Wildman–Crippen MR) is 196 cm³/mol. The minimum absolute atomic E-state index is 0.583. The van der Waals surface area contributed by atoms with Crippen LogP contribution >= 0.6 is 22.9 Å². The van der Waals surface area contributed by atoms with Crippen molar-refractivity contribution in [3.8, 4) is 22.3 Å². The molecule has 0 amide bonds. The summed E-state index contributed by atoms with van der Waals surface area (Å²) in [6.45, 7) is 0. The summed E-state index contributed by atoms with van der Waals surface area (Å²) in [5.41, 5.74) is 9.59. The van der Waals surface area contributed by atoms with Gasteiger partial charge in [0.1, 0.15) is 5.60 Å². The molecule has 1 aromatic heterocycles. The van der Waals surface area contributed by atoms with Crippen LogP contribution in [0.15, 0.2) is 158 Å². The lowest BCUT2D eigenvalue weighted by Crippen LogP contribution is -2.44. The number of hydrogen-bond donors (Lipinski definition) is 1. The van der Waals surface area contributed by atoms with E-state index in [2.05, 4.69) is 133 Å². The fraction of sp³-hybridized carbons (Fsp3) is 0.0455. The fourth-order valence-corrected chi connectivity index (χ4v) is 9.87. The van der Waals surface area contributed by atoms with E-state index in [9.17, 15) is 5.11 Å². The maximum absolute atomic E-state index is 13.6. The third-order valence-corrected chi connectivity index (χ3v) is 11.8. The highest BCUT2D eigenvalue weighted by atomic mass is 35.5. The summed E-state index contributed by atoms with van der Waals surface area (Å²) in [7, 11) is 0. The molecule has 7 aromatic carbocycles. The summed E-state index contributed by atoms with van der Waals surface area (Å²) < 4.78 is 2.52. The van der Waals surface area contributed by atoms with Gasteiger partial charge in [-0.15, -0.1) is 11.3 Å². The van der Waals surface area contributed by atoms with Crippen LogP contribution in [0.4, 0.5) is 0 Å². The summed E-state index contributed by atoms with van der Waals surface area (Å²) in [4.78, 5) is 0. The molecule has 8 aromatic rings. The van der Waals surface area contributed by atoms with Gasteiger partial charge in [-0.25, -0.2) is 0 Å². The Kier molecular flexibility index (Phi) is 5.64. The number of benzene rings is 7. The molecule has 1 heterocycles. The second-order valence-electron chi connectivity index (χ2n) is 12.6. The Morgan fingerprint density at radius 1 is 0.426 bits per heavy atom. The van der Waals surface area contributed by atoms with Crippen molar-refractivity contribution in [2.24, 2.45) is 0 Å². The van der Waals surface area contributed by atoms with E-state index in [1.807, 2.05) is 35.6 Å². The van der Waals surface area contributed by atoms with Crippen molar-refractivity contribution in [2.75, 3.05) is 0 Å². The van der Waals surface area contributed by atoms with Gasteiger partial charge in [0, 0.05) is 30.8 Å². The predicted octanol–water partition coefficient (Wildman–Crippen LogP) is 11.3. The molecule has 2 aliphatic carbocycles. The Balaban J connectivity index is 1.30. The number of thiophene rings is 1. The Bertz CT molecular complexity index is 2480. The molecule has 0 radical (unpaired) electrons. The molecular formula is C44H27ClOS. The lowest BCUT2D eigenvalue weighted by atomic mass is 9.56. The zero-order chi connectivity index (χ0) is 31.3. The van der Waals surface area contributed by atoms with Gasteiger partial charge in [0.15, 0.2) is 0 Å². The van der Waals surface area contributed by atoms with Crippen molar-refractivity contribution in [3.63, 3.8) is 0 Å². The van der Waals surface area contributed by atoms with Gasteiger partial charge in [0.05, 0.1) is 5.41 Å². The Morgan fingerprint density at radius 2 is 0.957 bits per heavy atom. The highest BCUT2D eigenvalue weighted by Crippen LogP contribution is 2.63. The van der Waals surface area contributed by atoms with E-state index in [-0.39, 0.29) is 0 Å². The molecule has 1 spiro atoms. The monoisotopic (exact) mass is 638 g/mol. The van der Waals surface area contributed by atoms with Crippen LogP contribution in [-0.2, 0) is 11.0 Å². The quantitative estimate of drug-likeness (QED) is 0.200. The summed E-state index contributed by atoms with van der Waals surface area (Å²) in [6.07, 6.45) is 0. The van der Waals surface area contributed by atoms with Gasteiger partial charge in [0.2, 0.25) is 0 Å². The normalized spacial score (nSPS) is 14.9. The summed E-state index contributed by atoms with van der Waals surface area (Å²) in [5.74, 6) is 0. The van der Waals surface area contributed by atoms with Crippen molar-refractivity contribution in [2.45, 2.75) is 11.0 Å². The number of hydrogen-bond acceptors (Lipinski definition) is 2. The van der Waals surface area contributed by atoms with Crippen LogP contribution in [0.3, 0.4) is 0 Å². The van der Waals surface area contributed by atoms with Crippen molar-refractivity contribution >= 4 is 43.1 Å². The lowest BCUT2D eigenvalue weighted by Gasteiger charge is -2.47. The van der Waals surface area contributed by atoms with Gasteiger partial charge in [0.25, 0.3) is 0 Å². The molecule has 0 saturated carbocycles. The number of halogens is 1. The summed E-state index contributed by atoms with van der Waals surface area (Å²) in [5, 5.41) is 16.7. The van der Waals surface area contributed by atoms with Gasteiger partial charge in [-0.3, -0.25) is 0 Å². The second-order valence-corrected chi connectivity index (χ2v) is 14.2. The van der Waals surface area contributed by atoms with Crippen molar-refractivity contribution < 1.29 is 5.11 Å². The molecule has 0 atom stereocenters. The van der Waals surface area contributed by atoms with E-state index in [0.717, 1.165) is 38.9 Å². The van der Waals surface area contributed by atoms with Gasteiger partial charge >= 0.3 is 0 Å². The first-order valence-electron chi connectivity index (χ1n) is 15.9. The maximum Gasteiger partial charge on any atom is 0.141 e. The van der Waals surface area contributed by atoms with Crippen molar-refractivity contribution in [1.82, 2.24) is 0 Å². The van der Waals surface area contributed by atoms with E-state index >= 15 is 0 Å². The standard InChI is InChI=1S/C44H27ClOS/c45-28-22-23-29(27-21-24-42-33(25-27)32-13-3-10-20-41(32)47-42)40(26-28)44(46)38-18-8-6-16-36(38)43(37-17-7-9-19-39(37)44)34-14-4-1-11-30(34)31-12-2-5-15-35(31)43/h1-26,46H. The van der Waals surface area contributed by atoms with Crippen LogP contribution in [-0.4, -0.2) is 5.11 Å². The van der Waals surface area contributed by atoms with E-state index in [1.165, 1.54) is 42.4 Å². The smallest absolute Gasteiger partial charge is 0.141 e. The molecular weight excluding hydrogens is 612 g/mol. The third kappa shape index (κ3) is 3.48. The molecule has 47 heavy (non-hydrogen) atoms. The number of fused-ring (bicyclic) bond motifs is 12. The van der Waals surface area contributed by atoms with Crippen LogP contribution in [0.25, 0.3) is 42.4 Å². The molecule has 3 heteroatoms. The molecule has 0 saturated heterocycles. The van der Waals surface area contributed by atoms with E-state index in [0.29, 0.717) is 5.02 Å². The first-order valence-corrected chi connectivity index (χ1v) is 17.1. The van der Waals surface area contributed by atoms with Gasteiger partial charge in [-0.1, -0.05) is 139 Å². The first-order chi connectivity index (χ1) is 23.1. The van der Waals surface area contributed by atoms with E-state index < -0.39 is 11.0 Å². The molecule has 0 aliphatic heterocycles. The molecule has 0 unspecified atom stereocenters. The van der Waals surface area contributed by atoms with E-state index in [1.54, 1.807) is 0 Å². The molecule has 10 rings (SSSR count). The van der Waals surface area contributed by atoms with Crippen molar-refractivity contribution in [3.05, 3.63) is 202 Å². The topological polar surface area (TPSA) is 20.2 Å². The summed E-state index contributed by atoms with van der Waals surface area (Å²) in [6, 6.07) is 55.7. The average Bonchev–Trinajstić information content (AvgIpc) is 3.64. The second kappa shape index (κ2) is 9.76. The molecule has 0 fully saturated rings. The van der Waals surface area contributed by atoms with Crippen LogP contribution in [0, 0.1) is 0 Å². The van der Waals surface area contributed by atoms with Crippen LogP contribution < -0.4 is 0 Å². The zero-order valence-corrected chi connectivity index (χ0v) is 26.8. The Morgan fingerprint density at radius 3 is 1.62 bits per heavy atom. The van der Waals surface area contributed by atoms with E-state index in [4.69, 9.17) is 11.6 Å². The molecule has 0 bridgehead atoms. The van der Waals surface area contributed by atoms with Gasteiger partial charge in [-0.2, -0.15) is 0 Å². The minimum Gasteiger partial charge on any atom is -0.376 e. The largest absolute Gasteiger partial charge is 0.376 e. The maximum atomic E-state index is 13.6. The molecule has 1 nitrogen and oxygen atoms in total. The zero-order valence-electron chi connectivity index (χ0n) is 25.2. The fourth-order valence-electron chi connectivity index (χ4n) is 8.61. The third-order valence-electron chi connectivity index (χ3n) is 10.5. The SMILES string of the molecule is OC1(c2cc(Cl)ccc2-c2ccc3sc4ccccc4c3c2)c2ccccc2C2(c3ccccc3-c3ccccc32)c2ccccc21. The van der Waals surface area contributed by atoms with Crippen LogP contribution in [0.1, 0.15) is 38.9 Å². The Labute approximate surface area is 282 Å².